The third-order valence-electron chi connectivity index (χ3n) is 3.49. The molecule has 3 rings (SSSR count). The van der Waals surface area contributed by atoms with E-state index in [1.165, 1.54) is 6.33 Å². The third kappa shape index (κ3) is 2.33. The number of fused-ring (bicyclic) bond motifs is 1. The van der Waals surface area contributed by atoms with E-state index in [1.54, 1.807) is 4.68 Å². The quantitative estimate of drug-likeness (QED) is 0.896. The van der Waals surface area contributed by atoms with Crippen molar-refractivity contribution in [3.8, 4) is 5.75 Å². The van der Waals surface area contributed by atoms with Crippen LogP contribution in [0.5, 0.6) is 5.75 Å². The van der Waals surface area contributed by atoms with Crippen molar-refractivity contribution in [2.75, 3.05) is 0 Å². The maximum atomic E-state index is 10.3. The van der Waals surface area contributed by atoms with E-state index < -0.39 is 6.10 Å². The smallest absolute Gasteiger partial charge is 0.138 e. The van der Waals surface area contributed by atoms with Crippen LogP contribution in [0.15, 0.2) is 30.6 Å². The summed E-state index contributed by atoms with van der Waals surface area (Å²) in [7, 11) is 0. The summed E-state index contributed by atoms with van der Waals surface area (Å²) in [5.41, 5.74) is 1.16. The fourth-order valence-electron chi connectivity index (χ4n) is 2.45. The molecule has 0 saturated carbocycles. The molecule has 100 valence electrons. The van der Waals surface area contributed by atoms with E-state index >= 15 is 0 Å². The highest BCUT2D eigenvalue weighted by Crippen LogP contribution is 2.30. The highest BCUT2D eigenvalue weighted by Gasteiger charge is 2.29. The number of aromatic nitrogens is 3. The molecule has 1 aliphatic heterocycles. The highest BCUT2D eigenvalue weighted by molar-refractivity contribution is 5.37. The van der Waals surface area contributed by atoms with Gasteiger partial charge in [0.1, 0.15) is 24.0 Å². The first-order chi connectivity index (χ1) is 9.28. The van der Waals surface area contributed by atoms with E-state index in [0.29, 0.717) is 6.42 Å². The second-order valence-corrected chi connectivity index (χ2v) is 4.73. The van der Waals surface area contributed by atoms with Crippen molar-refractivity contribution in [1.82, 2.24) is 14.8 Å². The molecule has 0 fully saturated rings. The average Bonchev–Trinajstić information content (AvgIpc) is 3.03. The molecule has 0 aliphatic carbocycles. The van der Waals surface area contributed by atoms with Crippen LogP contribution in [0, 0.1) is 0 Å². The molecule has 5 heteroatoms. The van der Waals surface area contributed by atoms with Gasteiger partial charge in [-0.1, -0.05) is 18.2 Å². The molecule has 1 aromatic carbocycles. The number of para-hydroxylation sites is 1. The van der Waals surface area contributed by atoms with Gasteiger partial charge in [0.15, 0.2) is 0 Å². The Balaban J connectivity index is 1.68. The Kier molecular flexibility index (Phi) is 3.21. The topological polar surface area (TPSA) is 60.2 Å². The molecule has 0 amide bonds. The third-order valence-corrected chi connectivity index (χ3v) is 3.49. The Hall–Kier alpha value is -1.88. The van der Waals surface area contributed by atoms with Gasteiger partial charge in [-0.15, -0.1) is 0 Å². The minimum absolute atomic E-state index is 0.195. The van der Waals surface area contributed by atoms with Gasteiger partial charge in [0, 0.05) is 19.4 Å². The normalized spacial score (nSPS) is 18.9. The van der Waals surface area contributed by atoms with Crippen LogP contribution in [-0.2, 0) is 19.4 Å². The molecule has 5 nitrogen and oxygen atoms in total. The number of aryl methyl sites for hydroxylation is 1. The molecular formula is C14H17N3O2. The second-order valence-electron chi connectivity index (χ2n) is 4.73. The molecule has 0 bridgehead atoms. The van der Waals surface area contributed by atoms with E-state index in [0.717, 1.165) is 30.1 Å². The number of aliphatic hydroxyl groups excluding tert-OH is 1. The van der Waals surface area contributed by atoms with Crippen LogP contribution < -0.4 is 4.74 Å². The predicted molar refractivity (Wildman–Crippen MR) is 70.0 cm³/mol. The number of hydrogen-bond donors (Lipinski definition) is 1. The number of ether oxygens (including phenoxy) is 1. The number of nitrogens with zero attached hydrogens (tertiary/aromatic N) is 3. The summed E-state index contributed by atoms with van der Waals surface area (Å²) < 4.78 is 7.58. The Morgan fingerprint density at radius 1 is 1.47 bits per heavy atom. The molecule has 0 spiro atoms. The van der Waals surface area contributed by atoms with Crippen LogP contribution in [0.4, 0.5) is 0 Å². The summed E-state index contributed by atoms with van der Waals surface area (Å²) in [4.78, 5) is 4.18. The molecule has 2 unspecified atom stereocenters. The zero-order valence-corrected chi connectivity index (χ0v) is 10.9. The highest BCUT2D eigenvalue weighted by atomic mass is 16.5. The lowest BCUT2D eigenvalue weighted by atomic mass is 10.0. The number of hydrogen-bond acceptors (Lipinski definition) is 4. The van der Waals surface area contributed by atoms with Crippen LogP contribution in [0.2, 0.25) is 0 Å². The minimum atomic E-state index is -0.568. The van der Waals surface area contributed by atoms with Crippen molar-refractivity contribution in [3.05, 3.63) is 42.0 Å². The summed E-state index contributed by atoms with van der Waals surface area (Å²) in [6.07, 6.45) is 1.97. The predicted octanol–water partition coefficient (Wildman–Crippen LogP) is 1.21. The van der Waals surface area contributed by atoms with E-state index in [4.69, 9.17) is 4.74 Å². The van der Waals surface area contributed by atoms with E-state index in [-0.39, 0.29) is 6.10 Å². The van der Waals surface area contributed by atoms with Crippen molar-refractivity contribution < 1.29 is 9.84 Å². The zero-order valence-electron chi connectivity index (χ0n) is 10.9. The SMILES string of the molecule is CCn1ncnc1CC(O)C1Cc2ccccc2O1. The Labute approximate surface area is 111 Å². The number of rotatable bonds is 4. The van der Waals surface area contributed by atoms with E-state index in [9.17, 15) is 5.11 Å². The second kappa shape index (κ2) is 5.01. The van der Waals surface area contributed by atoms with Gasteiger partial charge in [-0.05, 0) is 18.6 Å². The van der Waals surface area contributed by atoms with Crippen molar-refractivity contribution in [1.29, 1.82) is 0 Å². The molecule has 1 aromatic heterocycles. The van der Waals surface area contributed by atoms with Crippen LogP contribution in [0.25, 0.3) is 0 Å². The van der Waals surface area contributed by atoms with Gasteiger partial charge in [-0.2, -0.15) is 5.10 Å². The molecular weight excluding hydrogens is 242 g/mol. The van der Waals surface area contributed by atoms with Gasteiger partial charge in [-0.25, -0.2) is 4.98 Å². The lowest BCUT2D eigenvalue weighted by molar-refractivity contribution is 0.0482. The molecule has 0 saturated heterocycles. The van der Waals surface area contributed by atoms with Crippen molar-refractivity contribution in [2.45, 2.75) is 38.5 Å². The lowest BCUT2D eigenvalue weighted by Crippen LogP contribution is -2.33. The van der Waals surface area contributed by atoms with Crippen LogP contribution >= 0.6 is 0 Å². The first-order valence-corrected chi connectivity index (χ1v) is 6.57. The van der Waals surface area contributed by atoms with Gasteiger partial charge < -0.3 is 9.84 Å². The van der Waals surface area contributed by atoms with Crippen molar-refractivity contribution in [3.63, 3.8) is 0 Å². The van der Waals surface area contributed by atoms with Gasteiger partial charge >= 0.3 is 0 Å². The molecule has 2 atom stereocenters. The minimum Gasteiger partial charge on any atom is -0.487 e. The summed E-state index contributed by atoms with van der Waals surface area (Å²) in [6, 6.07) is 7.92. The van der Waals surface area contributed by atoms with E-state index in [1.807, 2.05) is 31.2 Å². The molecule has 1 N–H and O–H groups in total. The van der Waals surface area contributed by atoms with Crippen molar-refractivity contribution >= 4 is 0 Å². The standard InChI is InChI=1S/C14H17N3O2/c1-2-17-14(15-9-16-17)8-11(18)13-7-10-5-3-4-6-12(10)19-13/h3-6,9,11,13,18H,2,7-8H2,1H3. The van der Waals surface area contributed by atoms with Gasteiger partial charge in [0.2, 0.25) is 0 Å². The summed E-state index contributed by atoms with van der Waals surface area (Å²) in [5, 5.41) is 14.4. The summed E-state index contributed by atoms with van der Waals surface area (Å²) in [5.74, 6) is 1.68. The van der Waals surface area contributed by atoms with Crippen LogP contribution in [-0.4, -0.2) is 32.1 Å². The van der Waals surface area contributed by atoms with Crippen LogP contribution in [0.3, 0.4) is 0 Å². The van der Waals surface area contributed by atoms with E-state index in [2.05, 4.69) is 10.1 Å². The molecule has 2 aromatic rings. The largest absolute Gasteiger partial charge is 0.487 e. The molecule has 1 aliphatic rings. The van der Waals surface area contributed by atoms with Crippen LogP contribution in [0.1, 0.15) is 18.3 Å². The molecule has 2 heterocycles. The monoisotopic (exact) mass is 259 g/mol. The zero-order chi connectivity index (χ0) is 13.2. The van der Waals surface area contributed by atoms with Crippen molar-refractivity contribution in [2.24, 2.45) is 0 Å². The molecule has 19 heavy (non-hydrogen) atoms. The fraction of sp³-hybridized carbons (Fsp3) is 0.429. The summed E-state index contributed by atoms with van der Waals surface area (Å²) >= 11 is 0. The lowest BCUT2D eigenvalue weighted by Gasteiger charge is -2.17. The number of benzene rings is 1. The van der Waals surface area contributed by atoms with Gasteiger partial charge in [-0.3, -0.25) is 4.68 Å². The maximum absolute atomic E-state index is 10.3. The number of aliphatic hydroxyl groups is 1. The first-order valence-electron chi connectivity index (χ1n) is 6.57. The maximum Gasteiger partial charge on any atom is 0.138 e. The van der Waals surface area contributed by atoms with Gasteiger partial charge in [0.05, 0.1) is 6.10 Å². The first kappa shape index (κ1) is 12.2. The molecule has 0 radical (unpaired) electrons. The average molecular weight is 259 g/mol. The summed E-state index contributed by atoms with van der Waals surface area (Å²) in [6.45, 7) is 2.76. The van der Waals surface area contributed by atoms with Gasteiger partial charge in [0.25, 0.3) is 0 Å². The Morgan fingerprint density at radius 3 is 3.11 bits per heavy atom. The Morgan fingerprint density at radius 2 is 2.32 bits per heavy atom. The fourth-order valence-corrected chi connectivity index (χ4v) is 2.45. The Bertz CT molecular complexity index is 542.